The third kappa shape index (κ3) is 12.8. The van der Waals surface area contributed by atoms with Crippen LogP contribution in [0.1, 0.15) is 39.5 Å². The van der Waals surface area contributed by atoms with Crippen LogP contribution in [0.25, 0.3) is 0 Å². The molecule has 2 fully saturated rings. The molecule has 0 bridgehead atoms. The average molecular weight is 331 g/mol. The van der Waals surface area contributed by atoms with Crippen molar-refractivity contribution in [1.29, 1.82) is 0 Å². The number of aliphatic hydroxyl groups excluding tert-OH is 1. The molecule has 0 atom stereocenters. The van der Waals surface area contributed by atoms with Gasteiger partial charge in [-0.15, -0.1) is 0 Å². The fraction of sp³-hybridized carbons (Fsp3) is 1.00. The topological polar surface area (TPSA) is 64.8 Å². The molecular weight excluding hydrogens is 288 g/mol. The predicted molar refractivity (Wildman–Crippen MR) is 101 cm³/mol. The molecule has 2 heterocycles. The molecule has 0 amide bonds. The molecule has 4 N–H and O–H groups in total. The number of hydrogen-bond acceptors (Lipinski definition) is 5. The van der Waals surface area contributed by atoms with Crippen LogP contribution in [0.15, 0.2) is 0 Å². The first-order valence-corrected chi connectivity index (χ1v) is 9.45. The maximum absolute atomic E-state index is 7.57. The summed E-state index contributed by atoms with van der Waals surface area (Å²) in [4.78, 5) is 4.79. The summed E-state index contributed by atoms with van der Waals surface area (Å²) in [5.41, 5.74) is 5.53. The van der Waals surface area contributed by atoms with Crippen LogP contribution in [0.2, 0.25) is 0 Å². The van der Waals surface area contributed by atoms with E-state index in [2.05, 4.69) is 36.1 Å². The summed E-state index contributed by atoms with van der Waals surface area (Å²) >= 11 is 0. The minimum atomic E-state index is 0.250. The second kappa shape index (κ2) is 15.3. The third-order valence-electron chi connectivity index (χ3n) is 4.69. The van der Waals surface area contributed by atoms with E-state index in [1.807, 2.05) is 0 Å². The molecule has 2 aliphatic heterocycles. The maximum atomic E-state index is 7.57. The first-order chi connectivity index (χ1) is 11.1. The van der Waals surface area contributed by atoms with Gasteiger partial charge in [-0.25, -0.2) is 0 Å². The van der Waals surface area contributed by atoms with Gasteiger partial charge < -0.3 is 26.0 Å². The molecule has 0 unspecified atom stereocenters. The molecule has 2 saturated heterocycles. The highest BCUT2D eigenvalue weighted by molar-refractivity contribution is 4.71. The molecular formula is C18H42N4O. The number of nitrogens with two attached hydrogens (primary N) is 1. The minimum Gasteiger partial charge on any atom is -0.397 e. The molecule has 2 aliphatic rings. The van der Waals surface area contributed by atoms with Crippen molar-refractivity contribution in [3.8, 4) is 0 Å². The molecule has 0 radical (unpaired) electrons. The SMILES string of the molecule is CCNCC1CCN(C)CC1.CCO.CN1CCC(CN)CC1. The molecule has 0 spiro atoms. The number of rotatable bonds is 4. The Bertz CT molecular complexity index is 234. The molecule has 0 saturated carbocycles. The van der Waals surface area contributed by atoms with Gasteiger partial charge in [0.25, 0.3) is 0 Å². The van der Waals surface area contributed by atoms with Gasteiger partial charge in [0, 0.05) is 6.61 Å². The van der Waals surface area contributed by atoms with E-state index in [9.17, 15) is 0 Å². The zero-order valence-electron chi connectivity index (χ0n) is 16.1. The van der Waals surface area contributed by atoms with Crippen LogP contribution in [0.4, 0.5) is 0 Å². The van der Waals surface area contributed by atoms with Crippen molar-refractivity contribution in [2.45, 2.75) is 39.5 Å². The molecule has 0 aromatic heterocycles. The quantitative estimate of drug-likeness (QED) is 0.723. The lowest BCUT2D eigenvalue weighted by Gasteiger charge is -2.28. The molecule has 0 aromatic rings. The van der Waals surface area contributed by atoms with Crippen LogP contribution in [0.5, 0.6) is 0 Å². The molecule has 5 heteroatoms. The highest BCUT2D eigenvalue weighted by Gasteiger charge is 2.15. The summed E-state index contributed by atoms with van der Waals surface area (Å²) in [7, 11) is 4.39. The molecule has 0 aliphatic carbocycles. The minimum absolute atomic E-state index is 0.250. The van der Waals surface area contributed by atoms with Gasteiger partial charge >= 0.3 is 0 Å². The van der Waals surface area contributed by atoms with Gasteiger partial charge in [-0.05, 0) is 104 Å². The van der Waals surface area contributed by atoms with E-state index in [0.29, 0.717) is 0 Å². The Balaban J connectivity index is 0.000000365. The van der Waals surface area contributed by atoms with E-state index in [-0.39, 0.29) is 6.61 Å². The Hall–Kier alpha value is -0.200. The van der Waals surface area contributed by atoms with Gasteiger partial charge in [0.05, 0.1) is 0 Å². The number of hydrogen-bond donors (Lipinski definition) is 3. The molecule has 5 nitrogen and oxygen atoms in total. The number of aliphatic hydroxyl groups is 1. The van der Waals surface area contributed by atoms with Crippen molar-refractivity contribution in [1.82, 2.24) is 15.1 Å². The second-order valence-corrected chi connectivity index (χ2v) is 6.85. The Morgan fingerprint density at radius 1 is 0.913 bits per heavy atom. The van der Waals surface area contributed by atoms with Crippen molar-refractivity contribution in [2.75, 3.05) is 66.5 Å². The van der Waals surface area contributed by atoms with E-state index in [4.69, 9.17) is 10.8 Å². The highest BCUT2D eigenvalue weighted by atomic mass is 16.2. The van der Waals surface area contributed by atoms with E-state index in [1.165, 1.54) is 58.4 Å². The van der Waals surface area contributed by atoms with Crippen LogP contribution in [0, 0.1) is 11.8 Å². The molecule has 2 rings (SSSR count). The first kappa shape index (κ1) is 22.8. The lowest BCUT2D eigenvalue weighted by molar-refractivity contribution is 0.217. The normalized spacial score (nSPS) is 21.1. The average Bonchev–Trinajstić information content (AvgIpc) is 2.56. The monoisotopic (exact) mass is 330 g/mol. The molecule has 0 aromatic carbocycles. The van der Waals surface area contributed by atoms with Crippen LogP contribution in [-0.2, 0) is 0 Å². The Labute approximate surface area is 144 Å². The Morgan fingerprint density at radius 2 is 1.30 bits per heavy atom. The fourth-order valence-electron chi connectivity index (χ4n) is 2.91. The number of piperidine rings is 2. The van der Waals surface area contributed by atoms with Crippen molar-refractivity contribution in [3.63, 3.8) is 0 Å². The van der Waals surface area contributed by atoms with E-state index in [0.717, 1.165) is 24.9 Å². The second-order valence-electron chi connectivity index (χ2n) is 6.85. The lowest BCUT2D eigenvalue weighted by Crippen LogP contribution is -2.34. The van der Waals surface area contributed by atoms with Gasteiger partial charge in [0.15, 0.2) is 0 Å². The smallest absolute Gasteiger partial charge is 0.0402 e. The Kier molecular flexibility index (Phi) is 15.2. The molecule has 23 heavy (non-hydrogen) atoms. The fourth-order valence-corrected chi connectivity index (χ4v) is 2.91. The van der Waals surface area contributed by atoms with Gasteiger partial charge in [0.2, 0.25) is 0 Å². The van der Waals surface area contributed by atoms with Crippen LogP contribution < -0.4 is 11.1 Å². The lowest BCUT2D eigenvalue weighted by atomic mass is 9.97. The largest absolute Gasteiger partial charge is 0.397 e. The summed E-state index contributed by atoms with van der Waals surface area (Å²) in [6.07, 6.45) is 5.35. The number of nitrogens with zero attached hydrogens (tertiary/aromatic N) is 2. The zero-order chi connectivity index (χ0) is 17.5. The van der Waals surface area contributed by atoms with E-state index >= 15 is 0 Å². The van der Waals surface area contributed by atoms with Crippen molar-refractivity contribution >= 4 is 0 Å². The maximum Gasteiger partial charge on any atom is 0.0402 e. The summed E-state index contributed by atoms with van der Waals surface area (Å²) in [5.74, 6) is 1.74. The standard InChI is InChI=1S/C9H20N2.C7H16N2.C2H6O/c1-3-10-8-9-4-6-11(2)7-5-9;1-9-4-2-7(6-8)3-5-9;1-2-3/h9-10H,3-8H2,1-2H3;7H,2-6,8H2,1H3;3H,2H2,1H3. The van der Waals surface area contributed by atoms with Gasteiger partial charge in [-0.3, -0.25) is 0 Å². The van der Waals surface area contributed by atoms with Crippen molar-refractivity contribution in [2.24, 2.45) is 17.6 Å². The third-order valence-corrected chi connectivity index (χ3v) is 4.69. The summed E-state index contributed by atoms with van der Waals surface area (Å²) in [5, 5.41) is 11.0. The summed E-state index contributed by atoms with van der Waals surface area (Å²) in [6.45, 7) is 12.4. The zero-order valence-corrected chi connectivity index (χ0v) is 16.1. The highest BCUT2D eigenvalue weighted by Crippen LogP contribution is 2.14. The summed E-state index contributed by atoms with van der Waals surface area (Å²) < 4.78 is 0. The van der Waals surface area contributed by atoms with Gasteiger partial charge in [-0.2, -0.15) is 0 Å². The van der Waals surface area contributed by atoms with Crippen molar-refractivity contribution < 1.29 is 5.11 Å². The predicted octanol–water partition coefficient (Wildman–Crippen LogP) is 1.22. The van der Waals surface area contributed by atoms with Crippen LogP contribution >= 0.6 is 0 Å². The number of likely N-dealkylation sites (tertiary alicyclic amines) is 2. The first-order valence-electron chi connectivity index (χ1n) is 9.45. The van der Waals surface area contributed by atoms with Gasteiger partial charge in [0.1, 0.15) is 0 Å². The van der Waals surface area contributed by atoms with E-state index < -0.39 is 0 Å². The van der Waals surface area contributed by atoms with Crippen molar-refractivity contribution in [3.05, 3.63) is 0 Å². The van der Waals surface area contributed by atoms with Crippen LogP contribution in [-0.4, -0.2) is 81.4 Å². The summed E-state index contributed by atoms with van der Waals surface area (Å²) in [6, 6.07) is 0. The van der Waals surface area contributed by atoms with Gasteiger partial charge in [-0.1, -0.05) is 6.92 Å². The van der Waals surface area contributed by atoms with E-state index in [1.54, 1.807) is 6.92 Å². The Morgan fingerprint density at radius 3 is 1.65 bits per heavy atom. The van der Waals surface area contributed by atoms with Crippen LogP contribution in [0.3, 0.4) is 0 Å². The number of nitrogens with one attached hydrogen (secondary N) is 1. The molecule has 140 valence electrons.